The molecule has 0 heterocycles. The predicted octanol–water partition coefficient (Wildman–Crippen LogP) is 4.74. The molecule has 0 aromatic heterocycles. The Morgan fingerprint density at radius 2 is 1.92 bits per heavy atom. The van der Waals surface area contributed by atoms with Crippen molar-refractivity contribution in [2.24, 2.45) is 5.92 Å². The quantitative estimate of drug-likeness (QED) is 0.658. The molecule has 7 heteroatoms. The second kappa shape index (κ2) is 9.14. The Hall–Kier alpha value is -1.92. The summed E-state index contributed by atoms with van der Waals surface area (Å²) in [6.07, 6.45) is 0. The highest BCUT2D eigenvalue weighted by atomic mass is 79.9. The SMILES string of the molecule is CC(C)[C@H](NC(=O)c1ccccc1Cl)C(=O)OCc1ccc(F)cc1Br. The molecule has 0 saturated carbocycles. The maximum absolute atomic E-state index is 13.1. The van der Waals surface area contributed by atoms with Gasteiger partial charge in [0.25, 0.3) is 5.91 Å². The van der Waals surface area contributed by atoms with Crippen LogP contribution in [0.4, 0.5) is 4.39 Å². The number of esters is 1. The van der Waals surface area contributed by atoms with Crippen molar-refractivity contribution in [3.63, 3.8) is 0 Å². The lowest BCUT2D eigenvalue weighted by atomic mass is 10.0. The lowest BCUT2D eigenvalue weighted by Crippen LogP contribution is -2.45. The molecule has 4 nitrogen and oxygen atoms in total. The minimum atomic E-state index is -0.835. The Bertz CT molecular complexity index is 813. The molecule has 26 heavy (non-hydrogen) atoms. The number of hydrogen-bond donors (Lipinski definition) is 1. The van der Waals surface area contributed by atoms with E-state index in [9.17, 15) is 14.0 Å². The second-order valence-corrected chi connectivity index (χ2v) is 7.28. The van der Waals surface area contributed by atoms with Gasteiger partial charge in [0.2, 0.25) is 0 Å². The Labute approximate surface area is 164 Å². The van der Waals surface area contributed by atoms with E-state index in [4.69, 9.17) is 16.3 Å². The molecule has 0 fully saturated rings. The number of benzene rings is 2. The van der Waals surface area contributed by atoms with Gasteiger partial charge in [-0.15, -0.1) is 0 Å². The minimum absolute atomic E-state index is 0.0368. The van der Waals surface area contributed by atoms with Gasteiger partial charge in [-0.2, -0.15) is 0 Å². The topological polar surface area (TPSA) is 55.4 Å². The average Bonchev–Trinajstić information content (AvgIpc) is 2.58. The van der Waals surface area contributed by atoms with Gasteiger partial charge in [0.05, 0.1) is 10.6 Å². The van der Waals surface area contributed by atoms with Crippen LogP contribution < -0.4 is 5.32 Å². The first-order chi connectivity index (χ1) is 12.3. The minimum Gasteiger partial charge on any atom is -0.459 e. The smallest absolute Gasteiger partial charge is 0.329 e. The van der Waals surface area contributed by atoms with Crippen LogP contribution in [0.15, 0.2) is 46.9 Å². The molecule has 0 aliphatic rings. The highest BCUT2D eigenvalue weighted by Crippen LogP contribution is 2.20. The van der Waals surface area contributed by atoms with E-state index in [1.807, 2.05) is 0 Å². The van der Waals surface area contributed by atoms with E-state index in [2.05, 4.69) is 21.2 Å². The summed E-state index contributed by atoms with van der Waals surface area (Å²) in [5, 5.41) is 2.97. The number of amides is 1. The van der Waals surface area contributed by atoms with Crippen LogP contribution in [0.2, 0.25) is 5.02 Å². The number of ether oxygens (including phenoxy) is 1. The van der Waals surface area contributed by atoms with E-state index in [0.717, 1.165) is 0 Å². The zero-order valence-electron chi connectivity index (χ0n) is 14.3. The van der Waals surface area contributed by atoms with Crippen molar-refractivity contribution in [1.29, 1.82) is 0 Å². The second-order valence-electron chi connectivity index (χ2n) is 6.02. The van der Waals surface area contributed by atoms with Crippen LogP contribution in [0.3, 0.4) is 0 Å². The Kier molecular flexibility index (Phi) is 7.17. The van der Waals surface area contributed by atoms with Gasteiger partial charge in [0.15, 0.2) is 0 Å². The lowest BCUT2D eigenvalue weighted by Gasteiger charge is -2.21. The monoisotopic (exact) mass is 441 g/mol. The molecule has 0 unspecified atom stereocenters. The van der Waals surface area contributed by atoms with E-state index in [0.29, 0.717) is 15.1 Å². The maximum Gasteiger partial charge on any atom is 0.329 e. The van der Waals surface area contributed by atoms with E-state index in [1.165, 1.54) is 18.2 Å². The Morgan fingerprint density at radius 3 is 2.54 bits per heavy atom. The number of halogens is 3. The van der Waals surface area contributed by atoms with Crippen LogP contribution in [0, 0.1) is 11.7 Å². The molecule has 1 N–H and O–H groups in total. The van der Waals surface area contributed by atoms with Crippen LogP contribution >= 0.6 is 27.5 Å². The van der Waals surface area contributed by atoms with Gasteiger partial charge in [-0.05, 0) is 30.2 Å². The molecular formula is C19H18BrClFNO3. The molecule has 0 saturated heterocycles. The van der Waals surface area contributed by atoms with Gasteiger partial charge in [-0.3, -0.25) is 4.79 Å². The molecule has 0 aliphatic carbocycles. The molecule has 0 aliphatic heterocycles. The summed E-state index contributed by atoms with van der Waals surface area (Å²) in [6, 6.07) is 9.86. The van der Waals surface area contributed by atoms with Gasteiger partial charge in [0.1, 0.15) is 18.5 Å². The largest absolute Gasteiger partial charge is 0.459 e. The van der Waals surface area contributed by atoms with E-state index >= 15 is 0 Å². The highest BCUT2D eigenvalue weighted by molar-refractivity contribution is 9.10. The Balaban J connectivity index is 2.05. The summed E-state index contributed by atoms with van der Waals surface area (Å²) in [5.41, 5.74) is 0.911. The number of hydrogen-bond acceptors (Lipinski definition) is 3. The summed E-state index contributed by atoms with van der Waals surface area (Å²) in [5.74, 6) is -1.60. The third-order valence-electron chi connectivity index (χ3n) is 3.71. The standard InChI is InChI=1S/C19H18BrClFNO3/c1-11(2)17(23-18(24)14-5-3-4-6-16(14)21)19(25)26-10-12-7-8-13(22)9-15(12)20/h3-9,11,17H,10H2,1-2H3,(H,23,24)/t17-/m0/s1. The fourth-order valence-electron chi connectivity index (χ4n) is 2.24. The van der Waals surface area contributed by atoms with Crippen molar-refractivity contribution in [3.05, 3.63) is 68.9 Å². The summed E-state index contributed by atoms with van der Waals surface area (Å²) >= 11 is 9.25. The number of nitrogens with one attached hydrogen (secondary N) is 1. The van der Waals surface area contributed by atoms with Crippen LogP contribution in [0.25, 0.3) is 0 Å². The highest BCUT2D eigenvalue weighted by Gasteiger charge is 2.27. The zero-order chi connectivity index (χ0) is 19.3. The molecule has 0 bridgehead atoms. The molecular weight excluding hydrogens is 425 g/mol. The summed E-state index contributed by atoms with van der Waals surface area (Å²) in [7, 11) is 0. The van der Waals surface area contributed by atoms with Gasteiger partial charge >= 0.3 is 5.97 Å². The average molecular weight is 443 g/mol. The van der Waals surface area contributed by atoms with Crippen LogP contribution in [0.5, 0.6) is 0 Å². The van der Waals surface area contributed by atoms with Gasteiger partial charge < -0.3 is 10.1 Å². The fraction of sp³-hybridized carbons (Fsp3) is 0.263. The van der Waals surface area contributed by atoms with Gasteiger partial charge in [0, 0.05) is 10.0 Å². The lowest BCUT2D eigenvalue weighted by molar-refractivity contribution is -0.148. The molecule has 138 valence electrons. The first kappa shape index (κ1) is 20.4. The number of carbonyl (C=O) groups is 2. The van der Waals surface area contributed by atoms with Crippen LogP contribution in [-0.2, 0) is 16.1 Å². The van der Waals surface area contributed by atoms with Gasteiger partial charge in [-0.25, -0.2) is 9.18 Å². The summed E-state index contributed by atoms with van der Waals surface area (Å²) in [6.45, 7) is 3.56. The van der Waals surface area contributed by atoms with Crippen molar-refractivity contribution >= 4 is 39.4 Å². The maximum atomic E-state index is 13.1. The third kappa shape index (κ3) is 5.29. The molecule has 2 aromatic carbocycles. The predicted molar refractivity (Wildman–Crippen MR) is 101 cm³/mol. The van der Waals surface area contributed by atoms with Crippen molar-refractivity contribution in [3.8, 4) is 0 Å². The Morgan fingerprint density at radius 1 is 1.23 bits per heavy atom. The summed E-state index contributed by atoms with van der Waals surface area (Å²) < 4.78 is 18.9. The molecule has 0 radical (unpaired) electrons. The van der Waals surface area contributed by atoms with Crippen LogP contribution in [0.1, 0.15) is 29.8 Å². The van der Waals surface area contributed by atoms with Gasteiger partial charge in [-0.1, -0.05) is 59.6 Å². The van der Waals surface area contributed by atoms with E-state index < -0.39 is 17.9 Å². The van der Waals surface area contributed by atoms with E-state index in [1.54, 1.807) is 38.1 Å². The van der Waals surface area contributed by atoms with Crippen molar-refractivity contribution in [2.75, 3.05) is 0 Å². The third-order valence-corrected chi connectivity index (χ3v) is 4.78. The summed E-state index contributed by atoms with van der Waals surface area (Å²) in [4.78, 5) is 24.8. The molecule has 2 aromatic rings. The number of rotatable bonds is 6. The number of carbonyl (C=O) groups excluding carboxylic acids is 2. The fourth-order valence-corrected chi connectivity index (χ4v) is 2.93. The van der Waals surface area contributed by atoms with Crippen molar-refractivity contribution in [1.82, 2.24) is 5.32 Å². The first-order valence-electron chi connectivity index (χ1n) is 7.95. The van der Waals surface area contributed by atoms with Crippen molar-refractivity contribution in [2.45, 2.75) is 26.5 Å². The van der Waals surface area contributed by atoms with Crippen molar-refractivity contribution < 1.29 is 18.7 Å². The first-order valence-corrected chi connectivity index (χ1v) is 9.12. The molecule has 2 rings (SSSR count). The normalized spacial score (nSPS) is 11.9. The molecule has 1 atom stereocenters. The molecule has 0 spiro atoms. The van der Waals surface area contributed by atoms with Crippen LogP contribution in [-0.4, -0.2) is 17.9 Å². The van der Waals surface area contributed by atoms with E-state index in [-0.39, 0.29) is 23.9 Å². The zero-order valence-corrected chi connectivity index (χ0v) is 16.6. The molecule has 1 amide bonds.